The van der Waals surface area contributed by atoms with Crippen molar-refractivity contribution in [2.45, 2.75) is 49.1 Å². The molecule has 3 aromatic rings. The lowest BCUT2D eigenvalue weighted by Crippen LogP contribution is -2.41. The second-order valence-corrected chi connectivity index (χ2v) is 9.56. The zero-order chi connectivity index (χ0) is 23.0. The molecule has 1 aliphatic carbocycles. The van der Waals surface area contributed by atoms with Gasteiger partial charge < -0.3 is 19.4 Å². The first-order chi connectivity index (χ1) is 16.1. The Morgan fingerprint density at radius 2 is 1.85 bits per heavy atom. The maximum absolute atomic E-state index is 12.9. The molecule has 0 saturated heterocycles. The maximum atomic E-state index is 12.9. The summed E-state index contributed by atoms with van der Waals surface area (Å²) in [5.74, 6) is -0.0385. The fourth-order valence-corrected chi connectivity index (χ4v) is 5.28. The number of hydrogen-bond acceptors (Lipinski definition) is 6. The topological polar surface area (TPSA) is 110 Å². The van der Waals surface area contributed by atoms with Gasteiger partial charge in [-0.3, -0.25) is 4.79 Å². The fraction of sp³-hybridized carbons (Fsp3) is 0.360. The van der Waals surface area contributed by atoms with Gasteiger partial charge in [0.2, 0.25) is 5.91 Å². The molecule has 1 aromatic heterocycles. The van der Waals surface area contributed by atoms with E-state index in [2.05, 4.69) is 15.0 Å². The van der Waals surface area contributed by atoms with Gasteiger partial charge in [-0.15, -0.1) is 4.72 Å². The van der Waals surface area contributed by atoms with Crippen molar-refractivity contribution in [3.05, 3.63) is 72.8 Å². The Kier molecular flexibility index (Phi) is 8.17. The molecule has 3 N–H and O–H groups in total. The van der Waals surface area contributed by atoms with Gasteiger partial charge in [0.05, 0.1) is 23.4 Å². The number of aromatic nitrogens is 1. The van der Waals surface area contributed by atoms with E-state index in [1.165, 1.54) is 6.39 Å². The first kappa shape index (κ1) is 23.5. The van der Waals surface area contributed by atoms with Crippen LogP contribution < -0.4 is 10.0 Å². The van der Waals surface area contributed by atoms with Crippen LogP contribution >= 0.6 is 0 Å². The summed E-state index contributed by atoms with van der Waals surface area (Å²) in [6, 6.07) is 17.1. The van der Waals surface area contributed by atoms with E-state index in [0.717, 1.165) is 42.5 Å². The van der Waals surface area contributed by atoms with Crippen molar-refractivity contribution in [1.82, 2.24) is 15.0 Å². The van der Waals surface area contributed by atoms with E-state index in [4.69, 9.17) is 4.42 Å². The number of oxazole rings is 1. The van der Waals surface area contributed by atoms with Gasteiger partial charge in [0.25, 0.3) is 0 Å². The SMILES string of the molecule is O=C(N[C@H](CCO)c1ccccc1)[C@H]1CC[C@H](N[S+]([O-])c2ccc(-c3cocn3)cc2)CC1. The van der Waals surface area contributed by atoms with Crippen LogP contribution in [-0.4, -0.2) is 33.2 Å². The first-order valence-corrected chi connectivity index (χ1v) is 12.4. The smallest absolute Gasteiger partial charge is 0.223 e. The van der Waals surface area contributed by atoms with Gasteiger partial charge in [-0.2, -0.15) is 0 Å². The van der Waals surface area contributed by atoms with Crippen molar-refractivity contribution in [1.29, 1.82) is 0 Å². The van der Waals surface area contributed by atoms with Gasteiger partial charge in [-0.05, 0) is 61.9 Å². The van der Waals surface area contributed by atoms with Crippen LogP contribution in [0.3, 0.4) is 0 Å². The fourth-order valence-electron chi connectivity index (χ4n) is 4.22. The Morgan fingerprint density at radius 3 is 2.48 bits per heavy atom. The summed E-state index contributed by atoms with van der Waals surface area (Å²) >= 11 is -1.32. The highest BCUT2D eigenvalue weighted by molar-refractivity contribution is 7.89. The molecule has 0 bridgehead atoms. The van der Waals surface area contributed by atoms with E-state index in [1.54, 1.807) is 6.26 Å². The Hall–Kier alpha value is -2.65. The van der Waals surface area contributed by atoms with Crippen molar-refractivity contribution >= 4 is 17.3 Å². The molecule has 0 aliphatic heterocycles. The number of carbonyl (C=O) groups is 1. The van der Waals surface area contributed by atoms with Gasteiger partial charge in [-0.1, -0.05) is 30.3 Å². The van der Waals surface area contributed by atoms with Gasteiger partial charge >= 0.3 is 0 Å². The van der Waals surface area contributed by atoms with Crippen LogP contribution in [0, 0.1) is 5.92 Å². The Morgan fingerprint density at radius 1 is 1.12 bits per heavy atom. The summed E-state index contributed by atoms with van der Waals surface area (Å²) in [7, 11) is 0. The van der Waals surface area contributed by atoms with Crippen LogP contribution in [-0.2, 0) is 16.2 Å². The molecular formula is C25H29N3O4S. The number of hydrogen-bond donors (Lipinski definition) is 3. The van der Waals surface area contributed by atoms with Crippen molar-refractivity contribution in [2.24, 2.45) is 5.92 Å². The molecule has 174 valence electrons. The van der Waals surface area contributed by atoms with Crippen LogP contribution in [0.15, 0.2) is 76.6 Å². The van der Waals surface area contributed by atoms with Crippen LogP contribution in [0.2, 0.25) is 0 Å². The van der Waals surface area contributed by atoms with Gasteiger partial charge in [0.15, 0.2) is 11.3 Å². The normalized spacial score (nSPS) is 20.2. The molecule has 33 heavy (non-hydrogen) atoms. The average Bonchev–Trinajstić information content (AvgIpc) is 3.40. The number of carbonyl (C=O) groups excluding carboxylic acids is 1. The molecule has 1 fully saturated rings. The zero-order valence-electron chi connectivity index (χ0n) is 18.4. The molecule has 2 aromatic carbocycles. The Labute approximate surface area is 196 Å². The Bertz CT molecular complexity index is 990. The third kappa shape index (κ3) is 6.23. The predicted molar refractivity (Wildman–Crippen MR) is 126 cm³/mol. The van der Waals surface area contributed by atoms with E-state index >= 15 is 0 Å². The summed E-state index contributed by atoms with van der Waals surface area (Å²) in [4.78, 5) is 17.7. The van der Waals surface area contributed by atoms with Crippen LogP contribution in [0.1, 0.15) is 43.7 Å². The maximum Gasteiger partial charge on any atom is 0.223 e. The summed E-state index contributed by atoms with van der Waals surface area (Å²) in [6.45, 7) is 0.0158. The van der Waals surface area contributed by atoms with Crippen molar-refractivity contribution in [3.63, 3.8) is 0 Å². The van der Waals surface area contributed by atoms with Crippen molar-refractivity contribution < 1.29 is 18.9 Å². The molecule has 0 spiro atoms. The summed E-state index contributed by atoms with van der Waals surface area (Å²) in [6.07, 6.45) is 6.51. The molecule has 1 unspecified atom stereocenters. The van der Waals surface area contributed by atoms with Crippen LogP contribution in [0.5, 0.6) is 0 Å². The first-order valence-electron chi connectivity index (χ1n) is 11.3. The monoisotopic (exact) mass is 467 g/mol. The molecule has 1 heterocycles. The highest BCUT2D eigenvalue weighted by atomic mass is 32.2. The third-order valence-corrected chi connectivity index (χ3v) is 7.35. The van der Waals surface area contributed by atoms with Crippen molar-refractivity contribution in [3.8, 4) is 11.3 Å². The number of aliphatic hydroxyl groups excluding tert-OH is 1. The quantitative estimate of drug-likeness (QED) is 0.414. The average molecular weight is 468 g/mol. The van der Waals surface area contributed by atoms with Gasteiger partial charge in [0.1, 0.15) is 12.0 Å². The third-order valence-electron chi connectivity index (χ3n) is 6.10. The minimum atomic E-state index is -1.32. The second kappa shape index (κ2) is 11.5. The molecule has 0 radical (unpaired) electrons. The lowest BCUT2D eigenvalue weighted by atomic mass is 9.85. The van der Waals surface area contributed by atoms with E-state index in [9.17, 15) is 14.5 Å². The second-order valence-electron chi connectivity index (χ2n) is 8.32. The molecule has 7 nitrogen and oxygen atoms in total. The molecule has 4 rings (SSSR count). The number of benzene rings is 2. The largest absolute Gasteiger partial charge is 0.593 e. The lowest BCUT2D eigenvalue weighted by Gasteiger charge is -2.29. The molecule has 8 heteroatoms. The Balaban J connectivity index is 1.26. The number of aliphatic hydroxyl groups is 1. The highest BCUT2D eigenvalue weighted by Gasteiger charge is 2.30. The van der Waals surface area contributed by atoms with E-state index < -0.39 is 11.4 Å². The molecular weight excluding hydrogens is 438 g/mol. The van der Waals surface area contributed by atoms with Gasteiger partial charge in [0, 0.05) is 18.1 Å². The molecule has 1 amide bonds. The zero-order valence-corrected chi connectivity index (χ0v) is 19.2. The summed E-state index contributed by atoms with van der Waals surface area (Å²) in [5.41, 5.74) is 2.65. The number of nitrogens with zero attached hydrogens (tertiary/aromatic N) is 1. The standard InChI is InChI=1S/C25H29N3O4S/c29-15-14-23(18-4-2-1-3-5-18)27-25(30)20-6-10-21(11-7-20)28-33(31)22-12-8-19(9-13-22)24-16-32-17-26-24/h1-5,8-9,12-13,16-17,20-21,23,28-29H,6-7,10-11,14-15H2,(H,27,30)/t20-,21-,23-,33?/m1/s1. The lowest BCUT2D eigenvalue weighted by molar-refractivity contribution is -0.126. The van der Waals surface area contributed by atoms with Crippen LogP contribution in [0.4, 0.5) is 0 Å². The summed E-state index contributed by atoms with van der Waals surface area (Å²) in [5, 5.41) is 12.5. The molecule has 1 saturated carbocycles. The number of amides is 1. The van der Waals surface area contributed by atoms with Crippen molar-refractivity contribution in [2.75, 3.05) is 6.61 Å². The number of nitrogens with one attached hydrogen (secondary N) is 2. The minimum Gasteiger partial charge on any atom is -0.593 e. The van der Waals surface area contributed by atoms with E-state index in [0.29, 0.717) is 11.3 Å². The van der Waals surface area contributed by atoms with Crippen LogP contribution in [0.25, 0.3) is 11.3 Å². The predicted octanol–water partition coefficient (Wildman–Crippen LogP) is 3.75. The minimum absolute atomic E-state index is 0.0158. The van der Waals surface area contributed by atoms with E-state index in [-0.39, 0.29) is 30.5 Å². The molecule has 1 aliphatic rings. The highest BCUT2D eigenvalue weighted by Crippen LogP contribution is 2.27. The number of rotatable bonds is 9. The molecule has 2 atom stereocenters. The van der Waals surface area contributed by atoms with E-state index in [1.807, 2.05) is 54.6 Å². The van der Waals surface area contributed by atoms with Gasteiger partial charge in [-0.25, -0.2) is 4.98 Å². The summed E-state index contributed by atoms with van der Waals surface area (Å²) < 4.78 is 21.0.